The quantitative estimate of drug-likeness (QED) is 0.837. The Morgan fingerprint density at radius 3 is 2.37 bits per heavy atom. The van der Waals surface area contributed by atoms with Crippen LogP contribution in [-0.2, 0) is 9.53 Å². The number of amides is 1. The third-order valence-corrected chi connectivity index (χ3v) is 3.64. The molecule has 1 aliphatic rings. The maximum atomic E-state index is 12.7. The highest BCUT2D eigenvalue weighted by molar-refractivity contribution is 5.83. The van der Waals surface area contributed by atoms with Crippen LogP contribution >= 0.6 is 0 Å². The maximum Gasteiger partial charge on any atom is 0.230 e. The van der Waals surface area contributed by atoms with Gasteiger partial charge in [-0.3, -0.25) is 4.79 Å². The molecule has 0 radical (unpaired) electrons. The Hall–Kier alpha value is -1.35. The first-order valence-corrected chi connectivity index (χ1v) is 7.11. The van der Waals surface area contributed by atoms with Gasteiger partial charge in [0, 0.05) is 13.1 Å². The molecule has 3 heteroatoms. The van der Waals surface area contributed by atoms with Gasteiger partial charge in [0.25, 0.3) is 0 Å². The molecule has 0 N–H and O–H groups in total. The molecular weight excluding hydrogens is 238 g/mol. The number of nitrogens with zero attached hydrogens (tertiary/aromatic N) is 1. The topological polar surface area (TPSA) is 29.5 Å². The van der Waals surface area contributed by atoms with Crippen LogP contribution in [0.3, 0.4) is 0 Å². The summed E-state index contributed by atoms with van der Waals surface area (Å²) in [5, 5.41) is 0. The summed E-state index contributed by atoms with van der Waals surface area (Å²) in [4.78, 5) is 14.6. The molecule has 3 nitrogen and oxygen atoms in total. The standard InChI is InChI=1S/C16H23NO2/c1-4-15(14-8-6-5-7-9-14)16(18)17-10-12(2)19-13(3)11-17/h5-9,12-13,15H,4,10-11H2,1-3H3/t12-,13-,15+/m1/s1. The largest absolute Gasteiger partial charge is 0.372 e. The highest BCUT2D eigenvalue weighted by Gasteiger charge is 2.30. The molecule has 0 saturated carbocycles. The smallest absolute Gasteiger partial charge is 0.230 e. The number of hydrogen-bond acceptors (Lipinski definition) is 2. The molecule has 0 unspecified atom stereocenters. The SMILES string of the molecule is CC[C@H](C(=O)N1C[C@@H](C)O[C@H](C)C1)c1ccccc1. The van der Waals surface area contributed by atoms with Crippen molar-refractivity contribution in [2.45, 2.75) is 45.3 Å². The number of benzene rings is 1. The van der Waals surface area contributed by atoms with Crippen molar-refractivity contribution in [1.82, 2.24) is 4.90 Å². The van der Waals surface area contributed by atoms with Crippen LogP contribution in [-0.4, -0.2) is 36.1 Å². The van der Waals surface area contributed by atoms with Gasteiger partial charge in [-0.05, 0) is 25.8 Å². The van der Waals surface area contributed by atoms with Crippen LogP contribution in [0.15, 0.2) is 30.3 Å². The van der Waals surface area contributed by atoms with E-state index in [1.165, 1.54) is 0 Å². The Bertz CT molecular complexity index is 408. The molecule has 1 heterocycles. The van der Waals surface area contributed by atoms with E-state index in [2.05, 4.69) is 6.92 Å². The maximum absolute atomic E-state index is 12.7. The van der Waals surface area contributed by atoms with Gasteiger partial charge in [0.15, 0.2) is 0 Å². The third kappa shape index (κ3) is 3.35. The van der Waals surface area contributed by atoms with Gasteiger partial charge in [-0.15, -0.1) is 0 Å². The number of hydrogen-bond donors (Lipinski definition) is 0. The predicted molar refractivity (Wildman–Crippen MR) is 76.1 cm³/mol. The molecule has 0 bridgehead atoms. The van der Waals surface area contributed by atoms with Crippen LogP contribution < -0.4 is 0 Å². The van der Waals surface area contributed by atoms with E-state index in [1.807, 2.05) is 49.1 Å². The van der Waals surface area contributed by atoms with E-state index < -0.39 is 0 Å². The molecule has 104 valence electrons. The van der Waals surface area contributed by atoms with E-state index in [9.17, 15) is 4.79 Å². The van der Waals surface area contributed by atoms with E-state index in [0.717, 1.165) is 12.0 Å². The molecule has 1 aromatic carbocycles. The second-order valence-corrected chi connectivity index (χ2v) is 5.37. The Kier molecular flexibility index (Phi) is 4.59. The summed E-state index contributed by atoms with van der Waals surface area (Å²) in [6.07, 6.45) is 1.09. The first kappa shape index (κ1) is 14.1. The molecule has 0 aromatic heterocycles. The highest BCUT2D eigenvalue weighted by Crippen LogP contribution is 2.24. The Morgan fingerprint density at radius 1 is 1.26 bits per heavy atom. The van der Waals surface area contributed by atoms with Gasteiger partial charge in [0.2, 0.25) is 5.91 Å². The van der Waals surface area contributed by atoms with Crippen molar-refractivity contribution in [2.75, 3.05) is 13.1 Å². The lowest BCUT2D eigenvalue weighted by Gasteiger charge is -2.37. The van der Waals surface area contributed by atoms with Gasteiger partial charge in [-0.25, -0.2) is 0 Å². The third-order valence-electron chi connectivity index (χ3n) is 3.64. The second kappa shape index (κ2) is 6.20. The van der Waals surface area contributed by atoms with E-state index in [-0.39, 0.29) is 24.0 Å². The van der Waals surface area contributed by atoms with E-state index in [0.29, 0.717) is 13.1 Å². The van der Waals surface area contributed by atoms with E-state index in [4.69, 9.17) is 4.74 Å². The number of carbonyl (C=O) groups excluding carboxylic acids is 1. The Morgan fingerprint density at radius 2 is 1.84 bits per heavy atom. The zero-order valence-electron chi connectivity index (χ0n) is 12.0. The first-order valence-electron chi connectivity index (χ1n) is 7.11. The van der Waals surface area contributed by atoms with Crippen molar-refractivity contribution in [3.05, 3.63) is 35.9 Å². The van der Waals surface area contributed by atoms with Crippen LogP contribution in [0.4, 0.5) is 0 Å². The number of ether oxygens (including phenoxy) is 1. The lowest BCUT2D eigenvalue weighted by Crippen LogP contribution is -2.49. The molecule has 1 aromatic rings. The lowest BCUT2D eigenvalue weighted by molar-refractivity contribution is -0.144. The van der Waals surface area contributed by atoms with Crippen molar-refractivity contribution >= 4 is 5.91 Å². The fraction of sp³-hybridized carbons (Fsp3) is 0.562. The van der Waals surface area contributed by atoms with Gasteiger partial charge in [0.05, 0.1) is 18.1 Å². The number of carbonyl (C=O) groups is 1. The summed E-state index contributed by atoms with van der Waals surface area (Å²) in [7, 11) is 0. The van der Waals surface area contributed by atoms with Gasteiger partial charge < -0.3 is 9.64 Å². The Balaban J connectivity index is 2.13. The molecule has 1 saturated heterocycles. The average Bonchev–Trinajstić information content (AvgIpc) is 2.39. The van der Waals surface area contributed by atoms with Gasteiger partial charge in [-0.1, -0.05) is 37.3 Å². The number of rotatable bonds is 3. The average molecular weight is 261 g/mol. The number of morpholine rings is 1. The molecule has 19 heavy (non-hydrogen) atoms. The van der Waals surface area contributed by atoms with Gasteiger partial charge in [0.1, 0.15) is 0 Å². The molecule has 0 aliphatic carbocycles. The summed E-state index contributed by atoms with van der Waals surface area (Å²) < 4.78 is 5.69. The van der Waals surface area contributed by atoms with Crippen LogP contribution in [0.25, 0.3) is 0 Å². The zero-order chi connectivity index (χ0) is 13.8. The van der Waals surface area contributed by atoms with Crippen molar-refractivity contribution in [2.24, 2.45) is 0 Å². The van der Waals surface area contributed by atoms with Crippen molar-refractivity contribution in [3.8, 4) is 0 Å². The molecule has 3 atom stereocenters. The van der Waals surface area contributed by atoms with Crippen molar-refractivity contribution in [1.29, 1.82) is 0 Å². The molecule has 1 amide bonds. The summed E-state index contributed by atoms with van der Waals surface area (Å²) in [6.45, 7) is 7.53. The molecule has 1 aliphatic heterocycles. The summed E-state index contributed by atoms with van der Waals surface area (Å²) >= 11 is 0. The predicted octanol–water partition coefficient (Wildman–Crippen LogP) is 2.82. The van der Waals surface area contributed by atoms with Crippen molar-refractivity contribution in [3.63, 3.8) is 0 Å². The van der Waals surface area contributed by atoms with Gasteiger partial charge >= 0.3 is 0 Å². The molecule has 0 spiro atoms. The molecule has 2 rings (SSSR count). The van der Waals surface area contributed by atoms with Crippen LogP contribution in [0, 0.1) is 0 Å². The Labute approximate surface area is 115 Å². The normalized spacial score (nSPS) is 25.1. The molecular formula is C16H23NO2. The van der Waals surface area contributed by atoms with E-state index in [1.54, 1.807) is 0 Å². The van der Waals surface area contributed by atoms with Gasteiger partial charge in [-0.2, -0.15) is 0 Å². The summed E-state index contributed by atoms with van der Waals surface area (Å²) in [6, 6.07) is 10.1. The minimum atomic E-state index is -0.0290. The summed E-state index contributed by atoms with van der Waals surface area (Å²) in [5.41, 5.74) is 1.11. The monoisotopic (exact) mass is 261 g/mol. The zero-order valence-corrected chi connectivity index (χ0v) is 12.0. The van der Waals surface area contributed by atoms with Crippen LogP contribution in [0.2, 0.25) is 0 Å². The first-order chi connectivity index (χ1) is 9.11. The lowest BCUT2D eigenvalue weighted by atomic mass is 9.94. The van der Waals surface area contributed by atoms with E-state index >= 15 is 0 Å². The fourth-order valence-corrected chi connectivity index (χ4v) is 2.82. The minimum absolute atomic E-state index is 0.0290. The summed E-state index contributed by atoms with van der Waals surface area (Å²) in [5.74, 6) is 0.203. The molecule has 1 fully saturated rings. The van der Waals surface area contributed by atoms with Crippen molar-refractivity contribution < 1.29 is 9.53 Å². The minimum Gasteiger partial charge on any atom is -0.372 e. The fourth-order valence-electron chi connectivity index (χ4n) is 2.82. The van der Waals surface area contributed by atoms with Crippen LogP contribution in [0.1, 0.15) is 38.7 Å². The van der Waals surface area contributed by atoms with Crippen LogP contribution in [0.5, 0.6) is 0 Å². The highest BCUT2D eigenvalue weighted by atomic mass is 16.5. The second-order valence-electron chi connectivity index (χ2n) is 5.37.